The number of aromatic nitrogens is 1. The van der Waals surface area contributed by atoms with Crippen LogP contribution in [0, 0.1) is 13.8 Å². The Labute approximate surface area is 117 Å². The lowest BCUT2D eigenvalue weighted by atomic mass is 10.2. The monoisotopic (exact) mass is 296 g/mol. The fourth-order valence-electron chi connectivity index (χ4n) is 1.75. The van der Waals surface area contributed by atoms with E-state index in [2.05, 4.69) is 9.71 Å². The van der Waals surface area contributed by atoms with Crippen molar-refractivity contribution >= 4 is 21.4 Å². The first-order chi connectivity index (χ1) is 8.99. The third-order valence-corrected chi connectivity index (χ3v) is 5.28. The molecule has 1 N–H and O–H groups in total. The quantitative estimate of drug-likeness (QED) is 0.921. The van der Waals surface area contributed by atoms with Crippen LogP contribution in [0.15, 0.2) is 35.4 Å². The second-order valence-electron chi connectivity index (χ2n) is 4.28. The van der Waals surface area contributed by atoms with E-state index in [4.69, 9.17) is 0 Å². The van der Waals surface area contributed by atoms with E-state index in [1.54, 1.807) is 42.7 Å². The predicted octanol–water partition coefficient (Wildman–Crippen LogP) is 2.28. The molecule has 4 nitrogen and oxygen atoms in total. The van der Waals surface area contributed by atoms with Crippen LogP contribution in [0.2, 0.25) is 0 Å². The Hall–Kier alpha value is -1.24. The van der Waals surface area contributed by atoms with E-state index in [-0.39, 0.29) is 0 Å². The molecule has 0 saturated carbocycles. The van der Waals surface area contributed by atoms with E-state index in [1.165, 1.54) is 0 Å². The fourth-order valence-corrected chi connectivity index (χ4v) is 3.81. The van der Waals surface area contributed by atoms with E-state index in [0.717, 1.165) is 15.4 Å². The van der Waals surface area contributed by atoms with Crippen LogP contribution in [-0.4, -0.2) is 19.9 Å². The average molecular weight is 296 g/mol. The van der Waals surface area contributed by atoms with Crippen molar-refractivity contribution in [1.29, 1.82) is 0 Å². The molecule has 0 bridgehead atoms. The predicted molar refractivity (Wildman–Crippen MR) is 76.9 cm³/mol. The summed E-state index contributed by atoms with van der Waals surface area (Å²) in [6.07, 6.45) is 2.42. The van der Waals surface area contributed by atoms with Crippen molar-refractivity contribution in [3.05, 3.63) is 45.9 Å². The Morgan fingerprint density at radius 2 is 2.00 bits per heavy atom. The molecule has 0 radical (unpaired) electrons. The minimum absolute atomic E-state index is 0.338. The van der Waals surface area contributed by atoms with Crippen molar-refractivity contribution in [2.75, 3.05) is 6.54 Å². The van der Waals surface area contributed by atoms with E-state index in [1.807, 2.05) is 13.0 Å². The SMILES string of the molecule is Cc1cnc(CCNS(=O)(=O)c2ccccc2C)s1. The fraction of sp³-hybridized carbons (Fsp3) is 0.308. The molecule has 1 aromatic carbocycles. The van der Waals surface area contributed by atoms with Crippen molar-refractivity contribution in [2.45, 2.75) is 25.2 Å². The van der Waals surface area contributed by atoms with Crippen LogP contribution in [0.1, 0.15) is 15.4 Å². The van der Waals surface area contributed by atoms with Crippen LogP contribution in [0.3, 0.4) is 0 Å². The lowest BCUT2D eigenvalue weighted by Gasteiger charge is -2.08. The maximum atomic E-state index is 12.1. The van der Waals surface area contributed by atoms with E-state index in [0.29, 0.717) is 17.9 Å². The number of benzene rings is 1. The largest absolute Gasteiger partial charge is 0.249 e. The molecule has 19 heavy (non-hydrogen) atoms. The van der Waals surface area contributed by atoms with Gasteiger partial charge in [-0.1, -0.05) is 18.2 Å². The molecule has 1 heterocycles. The molecular weight excluding hydrogens is 280 g/mol. The van der Waals surface area contributed by atoms with Gasteiger partial charge in [0.05, 0.1) is 9.90 Å². The molecule has 0 fully saturated rings. The van der Waals surface area contributed by atoms with Crippen LogP contribution < -0.4 is 4.72 Å². The van der Waals surface area contributed by atoms with E-state index >= 15 is 0 Å². The molecular formula is C13H16N2O2S2. The molecule has 0 aliphatic rings. The summed E-state index contributed by atoms with van der Waals surface area (Å²) in [4.78, 5) is 5.68. The zero-order valence-electron chi connectivity index (χ0n) is 10.9. The molecule has 0 aliphatic heterocycles. The van der Waals surface area contributed by atoms with Gasteiger partial charge in [0, 0.05) is 24.0 Å². The third-order valence-electron chi connectivity index (χ3n) is 2.68. The summed E-state index contributed by atoms with van der Waals surface area (Å²) >= 11 is 1.59. The highest BCUT2D eigenvalue weighted by Crippen LogP contribution is 2.14. The van der Waals surface area contributed by atoms with Gasteiger partial charge in [0.2, 0.25) is 10.0 Å². The first-order valence-corrected chi connectivity index (χ1v) is 8.25. The number of rotatable bonds is 5. The summed E-state index contributed by atoms with van der Waals surface area (Å²) in [5.74, 6) is 0. The Kier molecular flexibility index (Phi) is 4.34. The van der Waals surface area contributed by atoms with Crippen LogP contribution in [0.25, 0.3) is 0 Å². The van der Waals surface area contributed by atoms with E-state index < -0.39 is 10.0 Å². The van der Waals surface area contributed by atoms with E-state index in [9.17, 15) is 8.42 Å². The molecule has 0 amide bonds. The van der Waals surface area contributed by atoms with Crippen molar-refractivity contribution in [1.82, 2.24) is 9.71 Å². The highest BCUT2D eigenvalue weighted by molar-refractivity contribution is 7.89. The first-order valence-electron chi connectivity index (χ1n) is 5.95. The first kappa shape index (κ1) is 14.2. The highest BCUT2D eigenvalue weighted by Gasteiger charge is 2.15. The summed E-state index contributed by atoms with van der Waals surface area (Å²) in [6, 6.07) is 6.96. The standard InChI is InChI=1S/C13H16N2O2S2/c1-10-5-3-4-6-12(10)19(16,17)15-8-7-13-14-9-11(2)18-13/h3-6,9,15H,7-8H2,1-2H3. The average Bonchev–Trinajstić information content (AvgIpc) is 2.75. The van der Waals surface area contributed by atoms with Crippen LogP contribution >= 0.6 is 11.3 Å². The molecule has 0 saturated heterocycles. The number of nitrogens with zero attached hydrogens (tertiary/aromatic N) is 1. The summed E-state index contributed by atoms with van der Waals surface area (Å²) in [5.41, 5.74) is 0.750. The smallest absolute Gasteiger partial charge is 0.240 e. The van der Waals surface area contributed by atoms with Gasteiger partial charge in [0.15, 0.2) is 0 Å². The van der Waals surface area contributed by atoms with Gasteiger partial charge in [-0.05, 0) is 25.5 Å². The molecule has 2 rings (SSSR count). The van der Waals surface area contributed by atoms with Crippen LogP contribution in [0.4, 0.5) is 0 Å². The lowest BCUT2D eigenvalue weighted by molar-refractivity contribution is 0.581. The number of nitrogens with one attached hydrogen (secondary N) is 1. The van der Waals surface area contributed by atoms with Crippen molar-refractivity contribution in [3.8, 4) is 0 Å². The van der Waals surface area contributed by atoms with Gasteiger partial charge in [0.1, 0.15) is 0 Å². The number of sulfonamides is 1. The van der Waals surface area contributed by atoms with Gasteiger partial charge in [0.25, 0.3) is 0 Å². The Balaban J connectivity index is 2.01. The zero-order chi connectivity index (χ0) is 13.9. The maximum absolute atomic E-state index is 12.1. The Morgan fingerprint density at radius 1 is 1.26 bits per heavy atom. The Bertz CT molecular complexity index is 663. The Morgan fingerprint density at radius 3 is 2.63 bits per heavy atom. The molecule has 0 spiro atoms. The molecule has 1 aromatic heterocycles. The number of thiazole rings is 1. The minimum atomic E-state index is -3.43. The van der Waals surface area contributed by atoms with Gasteiger partial charge in [-0.2, -0.15) is 0 Å². The number of aryl methyl sites for hydroxylation is 2. The van der Waals surface area contributed by atoms with Gasteiger partial charge in [-0.3, -0.25) is 0 Å². The number of hydrogen-bond donors (Lipinski definition) is 1. The van der Waals surface area contributed by atoms with Gasteiger partial charge in [-0.15, -0.1) is 11.3 Å². The molecule has 0 unspecified atom stereocenters. The molecule has 102 valence electrons. The van der Waals surface area contributed by atoms with Crippen molar-refractivity contribution in [3.63, 3.8) is 0 Å². The van der Waals surface area contributed by atoms with Crippen molar-refractivity contribution in [2.24, 2.45) is 0 Å². The second-order valence-corrected chi connectivity index (χ2v) is 7.33. The summed E-state index contributed by atoms with van der Waals surface area (Å²) in [7, 11) is -3.43. The maximum Gasteiger partial charge on any atom is 0.240 e. The summed E-state index contributed by atoms with van der Waals surface area (Å²) < 4.78 is 26.9. The lowest BCUT2D eigenvalue weighted by Crippen LogP contribution is -2.26. The highest BCUT2D eigenvalue weighted by atomic mass is 32.2. The van der Waals surface area contributed by atoms with Crippen molar-refractivity contribution < 1.29 is 8.42 Å². The molecule has 6 heteroatoms. The van der Waals surface area contributed by atoms with Gasteiger partial charge >= 0.3 is 0 Å². The topological polar surface area (TPSA) is 59.1 Å². The minimum Gasteiger partial charge on any atom is -0.249 e. The second kappa shape index (κ2) is 5.81. The zero-order valence-corrected chi connectivity index (χ0v) is 12.5. The molecule has 2 aromatic rings. The molecule has 0 aliphatic carbocycles. The van der Waals surface area contributed by atoms with Crippen LogP contribution in [0.5, 0.6) is 0 Å². The van der Waals surface area contributed by atoms with Gasteiger partial charge in [-0.25, -0.2) is 18.1 Å². The normalized spacial score (nSPS) is 11.7. The summed E-state index contributed by atoms with van der Waals surface area (Å²) in [6.45, 7) is 4.14. The molecule has 0 atom stereocenters. The number of hydrogen-bond acceptors (Lipinski definition) is 4. The van der Waals surface area contributed by atoms with Crippen LogP contribution in [-0.2, 0) is 16.4 Å². The van der Waals surface area contributed by atoms with Gasteiger partial charge < -0.3 is 0 Å². The third kappa shape index (κ3) is 3.62. The summed E-state index contributed by atoms with van der Waals surface area (Å²) in [5, 5.41) is 0.949.